The molecule has 0 aromatic heterocycles. The van der Waals surface area contributed by atoms with Crippen LogP contribution in [0.2, 0.25) is 0 Å². The molecular formula is C27H30. The van der Waals surface area contributed by atoms with Crippen molar-refractivity contribution in [2.24, 2.45) is 0 Å². The molecule has 1 aliphatic rings. The largest absolute Gasteiger partial charge is 0.0622 e. The summed E-state index contributed by atoms with van der Waals surface area (Å²) in [6.07, 6.45) is 0. The Kier molecular flexibility index (Phi) is 4.07. The lowest BCUT2D eigenvalue weighted by Gasteiger charge is -2.23. The fraction of sp³-hybridized carbons (Fsp3) is 0.333. The molecule has 0 radical (unpaired) electrons. The van der Waals surface area contributed by atoms with Crippen molar-refractivity contribution in [3.05, 3.63) is 94.5 Å². The van der Waals surface area contributed by atoms with Crippen molar-refractivity contribution in [1.29, 1.82) is 0 Å². The number of benzene rings is 3. The van der Waals surface area contributed by atoms with Gasteiger partial charge in [0.15, 0.2) is 0 Å². The number of hydrogen-bond acceptors (Lipinski definition) is 0. The minimum atomic E-state index is 0.154. The van der Waals surface area contributed by atoms with Crippen molar-refractivity contribution in [3.8, 4) is 11.1 Å². The zero-order chi connectivity index (χ0) is 19.4. The van der Waals surface area contributed by atoms with Gasteiger partial charge >= 0.3 is 0 Å². The van der Waals surface area contributed by atoms with E-state index in [0.29, 0.717) is 5.92 Å². The smallest absolute Gasteiger partial charge is 0.0352 e. The molecule has 0 fully saturated rings. The minimum Gasteiger partial charge on any atom is -0.0622 e. The Bertz CT molecular complexity index is 915. The van der Waals surface area contributed by atoms with E-state index in [2.05, 4.69) is 108 Å². The van der Waals surface area contributed by atoms with Crippen LogP contribution in [0.3, 0.4) is 0 Å². The Labute approximate surface area is 164 Å². The number of rotatable bonds is 1. The third-order valence-corrected chi connectivity index (χ3v) is 5.88. The van der Waals surface area contributed by atoms with Gasteiger partial charge in [-0.05, 0) is 49.8 Å². The van der Waals surface area contributed by atoms with Gasteiger partial charge in [-0.2, -0.15) is 0 Å². The molecule has 1 aliphatic carbocycles. The third kappa shape index (κ3) is 3.12. The molecule has 4 rings (SSSR count). The summed E-state index contributed by atoms with van der Waals surface area (Å²) in [7, 11) is 0. The highest BCUT2D eigenvalue weighted by Crippen LogP contribution is 2.49. The van der Waals surface area contributed by atoms with Crippen LogP contribution in [-0.2, 0) is 10.8 Å². The predicted octanol–water partition coefficient (Wildman–Crippen LogP) is 7.44. The second-order valence-electron chi connectivity index (χ2n) is 9.95. The first-order valence-electron chi connectivity index (χ1n) is 10.0. The second kappa shape index (κ2) is 6.09. The van der Waals surface area contributed by atoms with Crippen molar-refractivity contribution < 1.29 is 0 Å². The van der Waals surface area contributed by atoms with Crippen molar-refractivity contribution in [1.82, 2.24) is 0 Å². The van der Waals surface area contributed by atoms with E-state index >= 15 is 0 Å². The molecule has 0 saturated heterocycles. The Hall–Kier alpha value is -2.34. The van der Waals surface area contributed by atoms with E-state index in [1.165, 1.54) is 38.9 Å². The van der Waals surface area contributed by atoms with Gasteiger partial charge in [0.25, 0.3) is 0 Å². The number of fused-ring (bicyclic) bond motifs is 3. The van der Waals surface area contributed by atoms with E-state index in [0.717, 1.165) is 0 Å². The SMILES string of the molecule is CC(C)(C)c1ccc2c(c1)C(c1ccccc1)c1cc(C(C)(C)C)ccc1-2. The minimum absolute atomic E-state index is 0.154. The Morgan fingerprint density at radius 2 is 1.00 bits per heavy atom. The van der Waals surface area contributed by atoms with Crippen LogP contribution in [0.4, 0.5) is 0 Å². The van der Waals surface area contributed by atoms with Gasteiger partial charge in [-0.3, -0.25) is 0 Å². The standard InChI is InChI=1S/C27H30/c1-26(2,3)19-12-14-21-22-15-13-20(27(4,5)6)17-24(22)25(23(21)16-19)18-10-8-7-9-11-18/h7-17,25H,1-6H3. The lowest BCUT2D eigenvalue weighted by atomic mass is 9.81. The summed E-state index contributed by atoms with van der Waals surface area (Å²) in [6, 6.07) is 25.2. The van der Waals surface area contributed by atoms with E-state index in [9.17, 15) is 0 Å². The van der Waals surface area contributed by atoms with Gasteiger partial charge in [0, 0.05) is 5.92 Å². The third-order valence-electron chi connectivity index (χ3n) is 5.88. The summed E-state index contributed by atoms with van der Waals surface area (Å²) in [6.45, 7) is 13.8. The summed E-state index contributed by atoms with van der Waals surface area (Å²) < 4.78 is 0. The molecule has 0 spiro atoms. The van der Waals surface area contributed by atoms with Gasteiger partial charge in [0.2, 0.25) is 0 Å². The molecule has 0 unspecified atom stereocenters. The van der Waals surface area contributed by atoms with Crippen molar-refractivity contribution in [2.45, 2.75) is 58.3 Å². The fourth-order valence-electron chi connectivity index (χ4n) is 4.20. The highest BCUT2D eigenvalue weighted by molar-refractivity contribution is 5.81. The van der Waals surface area contributed by atoms with Crippen LogP contribution < -0.4 is 0 Å². The molecule has 0 heterocycles. The van der Waals surface area contributed by atoms with Gasteiger partial charge in [0.1, 0.15) is 0 Å². The molecule has 3 aromatic rings. The molecule has 0 N–H and O–H groups in total. The topological polar surface area (TPSA) is 0 Å². The molecule has 0 aliphatic heterocycles. The van der Waals surface area contributed by atoms with Gasteiger partial charge in [-0.1, -0.05) is 108 Å². The first-order chi connectivity index (χ1) is 12.7. The van der Waals surface area contributed by atoms with Crippen LogP contribution in [-0.4, -0.2) is 0 Å². The summed E-state index contributed by atoms with van der Waals surface area (Å²) in [5, 5.41) is 0. The van der Waals surface area contributed by atoms with Gasteiger partial charge < -0.3 is 0 Å². The van der Waals surface area contributed by atoms with Crippen molar-refractivity contribution in [3.63, 3.8) is 0 Å². The predicted molar refractivity (Wildman–Crippen MR) is 117 cm³/mol. The van der Waals surface area contributed by atoms with Crippen molar-refractivity contribution >= 4 is 0 Å². The quantitative estimate of drug-likeness (QED) is 0.333. The Balaban J connectivity index is 1.97. The molecule has 0 bridgehead atoms. The molecule has 0 saturated carbocycles. The zero-order valence-corrected chi connectivity index (χ0v) is 17.4. The van der Waals surface area contributed by atoms with E-state index in [1.54, 1.807) is 0 Å². The molecular weight excluding hydrogens is 324 g/mol. The summed E-state index contributed by atoms with van der Waals surface area (Å²) in [5.41, 5.74) is 10.2. The maximum absolute atomic E-state index is 2.45. The van der Waals surface area contributed by atoms with Crippen LogP contribution in [0.1, 0.15) is 75.3 Å². The van der Waals surface area contributed by atoms with E-state index in [4.69, 9.17) is 0 Å². The van der Waals surface area contributed by atoms with Crippen LogP contribution in [0.15, 0.2) is 66.7 Å². The maximum atomic E-state index is 2.45. The first-order valence-corrected chi connectivity index (χ1v) is 10.0. The van der Waals surface area contributed by atoms with Crippen LogP contribution in [0, 0.1) is 0 Å². The molecule has 0 atom stereocenters. The van der Waals surface area contributed by atoms with Crippen LogP contribution >= 0.6 is 0 Å². The Morgan fingerprint density at radius 1 is 0.556 bits per heavy atom. The molecule has 3 aromatic carbocycles. The number of hydrogen-bond donors (Lipinski definition) is 0. The normalized spacial score (nSPS) is 14.1. The summed E-state index contributed by atoms with van der Waals surface area (Å²) in [4.78, 5) is 0. The maximum Gasteiger partial charge on any atom is 0.0352 e. The van der Waals surface area contributed by atoms with Crippen LogP contribution in [0.5, 0.6) is 0 Å². The van der Waals surface area contributed by atoms with Crippen LogP contribution in [0.25, 0.3) is 11.1 Å². The highest BCUT2D eigenvalue weighted by Gasteiger charge is 2.32. The second-order valence-corrected chi connectivity index (χ2v) is 9.95. The zero-order valence-electron chi connectivity index (χ0n) is 17.4. The first kappa shape index (κ1) is 18.0. The van der Waals surface area contributed by atoms with E-state index < -0.39 is 0 Å². The van der Waals surface area contributed by atoms with Gasteiger partial charge in [-0.25, -0.2) is 0 Å². The van der Waals surface area contributed by atoms with Gasteiger partial charge in [0.05, 0.1) is 0 Å². The lowest BCUT2D eigenvalue weighted by molar-refractivity contribution is 0.589. The van der Waals surface area contributed by atoms with E-state index in [-0.39, 0.29) is 10.8 Å². The fourth-order valence-corrected chi connectivity index (χ4v) is 4.20. The van der Waals surface area contributed by atoms with E-state index in [1.807, 2.05) is 0 Å². The summed E-state index contributed by atoms with van der Waals surface area (Å²) in [5.74, 6) is 0.320. The van der Waals surface area contributed by atoms with Crippen molar-refractivity contribution in [2.75, 3.05) is 0 Å². The lowest BCUT2D eigenvalue weighted by Crippen LogP contribution is -2.12. The molecule has 0 amide bonds. The Morgan fingerprint density at radius 3 is 1.41 bits per heavy atom. The summed E-state index contributed by atoms with van der Waals surface area (Å²) >= 11 is 0. The average molecular weight is 355 g/mol. The highest BCUT2D eigenvalue weighted by atomic mass is 14.4. The average Bonchev–Trinajstić information content (AvgIpc) is 2.94. The molecule has 0 nitrogen and oxygen atoms in total. The molecule has 27 heavy (non-hydrogen) atoms. The monoisotopic (exact) mass is 354 g/mol. The molecule has 0 heteroatoms. The van der Waals surface area contributed by atoms with Gasteiger partial charge in [-0.15, -0.1) is 0 Å². The molecule has 138 valence electrons.